The second-order valence-corrected chi connectivity index (χ2v) is 6.82. The van der Waals surface area contributed by atoms with E-state index in [0.29, 0.717) is 0 Å². The zero-order valence-electron chi connectivity index (χ0n) is 12.9. The summed E-state index contributed by atoms with van der Waals surface area (Å²) in [5.41, 5.74) is 0.00913. The SMILES string of the molecule is CC1NCCC1C(=O)NC(Cn1ccnc1)C(C)(C)C. The zero-order valence-corrected chi connectivity index (χ0v) is 12.9. The molecule has 0 aliphatic carbocycles. The van der Waals surface area contributed by atoms with E-state index in [0.717, 1.165) is 19.5 Å². The molecule has 2 N–H and O–H groups in total. The Labute approximate surface area is 121 Å². The van der Waals surface area contributed by atoms with Crippen molar-refractivity contribution in [2.45, 2.75) is 52.7 Å². The number of hydrogen-bond donors (Lipinski definition) is 2. The Morgan fingerprint density at radius 3 is 2.80 bits per heavy atom. The third kappa shape index (κ3) is 3.60. The lowest BCUT2D eigenvalue weighted by atomic mass is 9.86. The largest absolute Gasteiger partial charge is 0.351 e. The summed E-state index contributed by atoms with van der Waals surface area (Å²) in [5.74, 6) is 0.255. The van der Waals surface area contributed by atoms with Gasteiger partial charge >= 0.3 is 0 Å². The van der Waals surface area contributed by atoms with Crippen LogP contribution in [0.4, 0.5) is 0 Å². The van der Waals surface area contributed by atoms with Crippen molar-refractivity contribution in [3.05, 3.63) is 18.7 Å². The average molecular weight is 278 g/mol. The quantitative estimate of drug-likeness (QED) is 0.875. The fourth-order valence-electron chi connectivity index (χ4n) is 2.64. The highest BCUT2D eigenvalue weighted by molar-refractivity contribution is 5.80. The Hall–Kier alpha value is -1.36. The minimum Gasteiger partial charge on any atom is -0.351 e. The summed E-state index contributed by atoms with van der Waals surface area (Å²) in [7, 11) is 0. The van der Waals surface area contributed by atoms with Gasteiger partial charge in [0.05, 0.1) is 18.3 Å². The molecule has 0 aromatic carbocycles. The standard InChI is InChI=1S/C15H26N4O/c1-11-12(5-6-17-11)14(20)18-13(15(2,3)4)9-19-8-7-16-10-19/h7-8,10-13,17H,5-6,9H2,1-4H3,(H,18,20). The summed E-state index contributed by atoms with van der Waals surface area (Å²) in [6.07, 6.45) is 6.43. The Morgan fingerprint density at radius 2 is 2.30 bits per heavy atom. The molecule has 1 amide bonds. The van der Waals surface area contributed by atoms with Crippen molar-refractivity contribution in [3.8, 4) is 0 Å². The van der Waals surface area contributed by atoms with Crippen LogP contribution >= 0.6 is 0 Å². The molecule has 1 aliphatic rings. The van der Waals surface area contributed by atoms with Crippen molar-refractivity contribution in [2.75, 3.05) is 6.54 Å². The van der Waals surface area contributed by atoms with Crippen LogP contribution < -0.4 is 10.6 Å². The van der Waals surface area contributed by atoms with E-state index in [1.54, 1.807) is 12.5 Å². The van der Waals surface area contributed by atoms with Crippen LogP contribution in [0.2, 0.25) is 0 Å². The van der Waals surface area contributed by atoms with E-state index >= 15 is 0 Å². The topological polar surface area (TPSA) is 59.0 Å². The molecule has 0 spiro atoms. The first kappa shape index (κ1) is 15.0. The zero-order chi connectivity index (χ0) is 14.8. The molecule has 1 aromatic heterocycles. The monoisotopic (exact) mass is 278 g/mol. The number of imidazole rings is 1. The van der Waals surface area contributed by atoms with Crippen LogP contribution in [-0.4, -0.2) is 34.1 Å². The Morgan fingerprint density at radius 1 is 1.55 bits per heavy atom. The van der Waals surface area contributed by atoms with Crippen LogP contribution in [0.15, 0.2) is 18.7 Å². The van der Waals surface area contributed by atoms with Crippen LogP contribution in [0.1, 0.15) is 34.1 Å². The van der Waals surface area contributed by atoms with Crippen LogP contribution in [-0.2, 0) is 11.3 Å². The molecular formula is C15H26N4O. The first-order chi connectivity index (χ1) is 9.38. The lowest BCUT2D eigenvalue weighted by Crippen LogP contribution is -2.49. The molecule has 3 atom stereocenters. The highest BCUT2D eigenvalue weighted by Gasteiger charge is 2.33. The smallest absolute Gasteiger partial charge is 0.225 e. The lowest BCUT2D eigenvalue weighted by molar-refractivity contribution is -0.126. The third-order valence-corrected chi connectivity index (χ3v) is 4.18. The summed E-state index contributed by atoms with van der Waals surface area (Å²) in [5, 5.41) is 6.57. The van der Waals surface area contributed by atoms with Gasteiger partial charge in [-0.1, -0.05) is 20.8 Å². The first-order valence-electron chi connectivity index (χ1n) is 7.37. The van der Waals surface area contributed by atoms with Gasteiger partial charge in [0.15, 0.2) is 0 Å². The molecule has 112 valence electrons. The normalized spacial score (nSPS) is 24.6. The van der Waals surface area contributed by atoms with Crippen molar-refractivity contribution >= 4 is 5.91 Å². The van der Waals surface area contributed by atoms with Gasteiger partial charge in [0.25, 0.3) is 0 Å². The highest BCUT2D eigenvalue weighted by Crippen LogP contribution is 2.23. The summed E-state index contributed by atoms with van der Waals surface area (Å²) in [6.45, 7) is 10.2. The van der Waals surface area contributed by atoms with Crippen molar-refractivity contribution in [3.63, 3.8) is 0 Å². The van der Waals surface area contributed by atoms with E-state index in [1.807, 2.05) is 10.8 Å². The molecule has 0 radical (unpaired) electrons. The molecule has 1 aliphatic heterocycles. The van der Waals surface area contributed by atoms with Gasteiger partial charge in [0, 0.05) is 25.0 Å². The molecular weight excluding hydrogens is 252 g/mol. The number of carbonyl (C=O) groups excluding carboxylic acids is 1. The highest BCUT2D eigenvalue weighted by atomic mass is 16.2. The van der Waals surface area contributed by atoms with Gasteiger partial charge < -0.3 is 15.2 Å². The lowest BCUT2D eigenvalue weighted by Gasteiger charge is -2.33. The molecule has 2 heterocycles. The number of amides is 1. The van der Waals surface area contributed by atoms with E-state index in [4.69, 9.17) is 0 Å². The molecule has 1 fully saturated rings. The molecule has 20 heavy (non-hydrogen) atoms. The molecule has 5 nitrogen and oxygen atoms in total. The van der Waals surface area contributed by atoms with E-state index < -0.39 is 0 Å². The fourth-order valence-corrected chi connectivity index (χ4v) is 2.64. The number of aromatic nitrogens is 2. The predicted molar refractivity (Wildman–Crippen MR) is 79.2 cm³/mol. The molecule has 1 aromatic rings. The summed E-state index contributed by atoms with van der Waals surface area (Å²) >= 11 is 0. The number of carbonyl (C=O) groups is 1. The van der Waals surface area contributed by atoms with Crippen LogP contribution in [0.3, 0.4) is 0 Å². The van der Waals surface area contributed by atoms with E-state index in [9.17, 15) is 4.79 Å². The fraction of sp³-hybridized carbons (Fsp3) is 0.733. The first-order valence-corrected chi connectivity index (χ1v) is 7.37. The second kappa shape index (κ2) is 5.95. The Kier molecular flexibility index (Phi) is 4.48. The van der Waals surface area contributed by atoms with Crippen LogP contribution in [0.25, 0.3) is 0 Å². The number of rotatable bonds is 4. The summed E-state index contributed by atoms with van der Waals surface area (Å²) in [6, 6.07) is 0.362. The van der Waals surface area contributed by atoms with Gasteiger partial charge in [-0.3, -0.25) is 4.79 Å². The molecule has 0 saturated carbocycles. The van der Waals surface area contributed by atoms with Gasteiger partial charge in [-0.2, -0.15) is 0 Å². The minimum absolute atomic E-state index is 0.00913. The van der Waals surface area contributed by atoms with Gasteiger partial charge in [-0.05, 0) is 25.3 Å². The summed E-state index contributed by atoms with van der Waals surface area (Å²) < 4.78 is 2.02. The van der Waals surface area contributed by atoms with E-state index in [-0.39, 0.29) is 29.3 Å². The maximum absolute atomic E-state index is 12.5. The Balaban J connectivity index is 2.02. The second-order valence-electron chi connectivity index (χ2n) is 6.82. The maximum atomic E-state index is 12.5. The molecule has 2 rings (SSSR count). The number of nitrogens with one attached hydrogen (secondary N) is 2. The van der Waals surface area contributed by atoms with E-state index in [1.165, 1.54) is 0 Å². The van der Waals surface area contributed by atoms with Crippen molar-refractivity contribution in [1.82, 2.24) is 20.2 Å². The molecule has 1 saturated heterocycles. The van der Waals surface area contributed by atoms with Gasteiger partial charge in [0.1, 0.15) is 0 Å². The van der Waals surface area contributed by atoms with Gasteiger partial charge in [-0.15, -0.1) is 0 Å². The number of hydrogen-bond acceptors (Lipinski definition) is 3. The van der Waals surface area contributed by atoms with E-state index in [2.05, 4.69) is 43.3 Å². The van der Waals surface area contributed by atoms with Crippen molar-refractivity contribution < 1.29 is 4.79 Å². The maximum Gasteiger partial charge on any atom is 0.225 e. The average Bonchev–Trinajstić information content (AvgIpc) is 2.98. The van der Waals surface area contributed by atoms with Crippen molar-refractivity contribution in [1.29, 1.82) is 0 Å². The van der Waals surface area contributed by atoms with Crippen LogP contribution in [0.5, 0.6) is 0 Å². The van der Waals surface area contributed by atoms with Gasteiger partial charge in [0.2, 0.25) is 5.91 Å². The van der Waals surface area contributed by atoms with Crippen LogP contribution in [0, 0.1) is 11.3 Å². The predicted octanol–water partition coefficient (Wildman–Crippen LogP) is 1.41. The summed E-state index contributed by atoms with van der Waals surface area (Å²) in [4.78, 5) is 16.5. The molecule has 3 unspecified atom stereocenters. The van der Waals surface area contributed by atoms with Crippen molar-refractivity contribution in [2.24, 2.45) is 11.3 Å². The van der Waals surface area contributed by atoms with Gasteiger partial charge in [-0.25, -0.2) is 4.98 Å². The minimum atomic E-state index is 0.00913. The third-order valence-electron chi connectivity index (χ3n) is 4.18. The molecule has 0 bridgehead atoms. The number of nitrogens with zero attached hydrogens (tertiary/aromatic N) is 2. The molecule has 5 heteroatoms. The Bertz CT molecular complexity index is 435.